The molecule has 0 aliphatic heterocycles. The summed E-state index contributed by atoms with van der Waals surface area (Å²) in [4.78, 5) is 0. The van der Waals surface area contributed by atoms with Gasteiger partial charge >= 0.3 is 0 Å². The smallest absolute Gasteiger partial charge is 0.164 e. The van der Waals surface area contributed by atoms with E-state index in [1.807, 2.05) is 6.92 Å². The first-order chi connectivity index (χ1) is 7.69. The number of benzene rings is 1. The Morgan fingerprint density at radius 3 is 2.44 bits per heavy atom. The van der Waals surface area contributed by atoms with E-state index in [4.69, 9.17) is 26.3 Å². The lowest BCUT2D eigenvalue weighted by molar-refractivity contribution is 0.161. The standard InChI is InChI=1S/C11H16ClNO3/c1-4-7-8(6-13-14)9(12)5-10(15-2)11(7)16-3/h5,13-14H,4,6H2,1-3H3. The summed E-state index contributed by atoms with van der Waals surface area (Å²) in [6.45, 7) is 2.27. The fourth-order valence-electron chi connectivity index (χ4n) is 1.72. The van der Waals surface area contributed by atoms with Gasteiger partial charge in [-0.3, -0.25) is 0 Å². The molecule has 2 N–H and O–H groups in total. The number of halogens is 1. The third-order valence-corrected chi connectivity index (χ3v) is 2.78. The van der Waals surface area contributed by atoms with Crippen molar-refractivity contribution in [3.63, 3.8) is 0 Å². The fraction of sp³-hybridized carbons (Fsp3) is 0.455. The Kier molecular flexibility index (Phi) is 4.86. The van der Waals surface area contributed by atoms with Crippen LogP contribution < -0.4 is 15.0 Å². The molecule has 0 spiro atoms. The maximum atomic E-state index is 8.77. The highest BCUT2D eigenvalue weighted by molar-refractivity contribution is 6.31. The van der Waals surface area contributed by atoms with Crippen LogP contribution in [0, 0.1) is 0 Å². The molecule has 1 aromatic carbocycles. The molecule has 0 bridgehead atoms. The van der Waals surface area contributed by atoms with Crippen molar-refractivity contribution in [1.29, 1.82) is 0 Å². The molecule has 0 heterocycles. The van der Waals surface area contributed by atoms with Gasteiger partial charge < -0.3 is 14.7 Å². The summed E-state index contributed by atoms with van der Waals surface area (Å²) < 4.78 is 10.5. The molecule has 0 fully saturated rings. The molecule has 0 amide bonds. The van der Waals surface area contributed by atoms with Crippen molar-refractivity contribution < 1.29 is 14.7 Å². The van der Waals surface area contributed by atoms with Crippen LogP contribution in [0.1, 0.15) is 18.1 Å². The van der Waals surface area contributed by atoms with Crippen molar-refractivity contribution in [2.24, 2.45) is 0 Å². The van der Waals surface area contributed by atoms with E-state index in [1.54, 1.807) is 20.3 Å². The van der Waals surface area contributed by atoms with Crippen molar-refractivity contribution in [1.82, 2.24) is 5.48 Å². The maximum absolute atomic E-state index is 8.77. The molecular weight excluding hydrogens is 230 g/mol. The van der Waals surface area contributed by atoms with Crippen LogP contribution >= 0.6 is 11.6 Å². The zero-order valence-electron chi connectivity index (χ0n) is 9.63. The first-order valence-corrected chi connectivity index (χ1v) is 5.36. The Bertz CT molecular complexity index is 369. The molecule has 0 radical (unpaired) electrons. The number of hydroxylamine groups is 1. The topological polar surface area (TPSA) is 50.7 Å². The Labute approximate surface area is 100 Å². The minimum atomic E-state index is 0.280. The largest absolute Gasteiger partial charge is 0.493 e. The lowest BCUT2D eigenvalue weighted by Gasteiger charge is -2.17. The van der Waals surface area contributed by atoms with Gasteiger partial charge in [-0.15, -0.1) is 0 Å². The Morgan fingerprint density at radius 2 is 2.00 bits per heavy atom. The van der Waals surface area contributed by atoms with Crippen LogP contribution in [0.5, 0.6) is 11.5 Å². The summed E-state index contributed by atoms with van der Waals surface area (Å²) in [5.74, 6) is 1.27. The van der Waals surface area contributed by atoms with E-state index in [2.05, 4.69) is 5.48 Å². The number of ether oxygens (including phenoxy) is 2. The average molecular weight is 246 g/mol. The Balaban J connectivity index is 3.38. The second kappa shape index (κ2) is 5.94. The molecular formula is C11H16ClNO3. The molecule has 0 saturated carbocycles. The van der Waals surface area contributed by atoms with Gasteiger partial charge in [-0.1, -0.05) is 18.5 Å². The van der Waals surface area contributed by atoms with Crippen molar-refractivity contribution in [2.75, 3.05) is 14.2 Å². The molecule has 0 aliphatic rings. The third kappa shape index (κ3) is 2.40. The molecule has 5 heteroatoms. The van der Waals surface area contributed by atoms with Crippen LogP contribution in [0.3, 0.4) is 0 Å². The van der Waals surface area contributed by atoms with Crippen LogP contribution in [0.2, 0.25) is 5.02 Å². The number of hydrogen-bond donors (Lipinski definition) is 2. The third-order valence-electron chi connectivity index (χ3n) is 2.44. The van der Waals surface area contributed by atoms with Crippen LogP contribution in [0.4, 0.5) is 0 Å². The predicted octanol–water partition coefficient (Wildman–Crippen LogP) is 2.40. The van der Waals surface area contributed by atoms with Gasteiger partial charge in [-0.05, 0) is 12.0 Å². The monoisotopic (exact) mass is 245 g/mol. The molecule has 0 unspecified atom stereocenters. The van der Waals surface area contributed by atoms with Gasteiger partial charge in [-0.2, -0.15) is 0 Å². The first kappa shape index (κ1) is 13.1. The molecule has 90 valence electrons. The summed E-state index contributed by atoms with van der Waals surface area (Å²) in [6.07, 6.45) is 0.747. The Hall–Kier alpha value is -0.970. The van der Waals surface area contributed by atoms with E-state index in [-0.39, 0.29) is 6.54 Å². The van der Waals surface area contributed by atoms with Crippen molar-refractivity contribution in [2.45, 2.75) is 19.9 Å². The molecule has 16 heavy (non-hydrogen) atoms. The van der Waals surface area contributed by atoms with E-state index in [0.717, 1.165) is 17.5 Å². The van der Waals surface area contributed by atoms with Crippen LogP contribution in [-0.4, -0.2) is 19.4 Å². The van der Waals surface area contributed by atoms with Crippen LogP contribution in [0.25, 0.3) is 0 Å². The molecule has 0 aliphatic carbocycles. The van der Waals surface area contributed by atoms with Gasteiger partial charge in [0.1, 0.15) is 0 Å². The summed E-state index contributed by atoms with van der Waals surface area (Å²) >= 11 is 6.11. The maximum Gasteiger partial charge on any atom is 0.164 e. The van der Waals surface area contributed by atoms with Crippen molar-refractivity contribution in [3.8, 4) is 11.5 Å². The summed E-state index contributed by atoms with van der Waals surface area (Å²) in [5.41, 5.74) is 3.87. The van der Waals surface area contributed by atoms with E-state index in [1.165, 1.54) is 0 Å². The van der Waals surface area contributed by atoms with Crippen LogP contribution in [0.15, 0.2) is 6.07 Å². The Morgan fingerprint density at radius 1 is 1.31 bits per heavy atom. The summed E-state index contributed by atoms with van der Waals surface area (Å²) in [5, 5.41) is 9.33. The predicted molar refractivity (Wildman–Crippen MR) is 62.6 cm³/mol. The SMILES string of the molecule is CCc1c(CNO)c(Cl)cc(OC)c1OC. The molecule has 0 aromatic heterocycles. The second-order valence-electron chi connectivity index (χ2n) is 3.24. The highest BCUT2D eigenvalue weighted by atomic mass is 35.5. The zero-order valence-corrected chi connectivity index (χ0v) is 10.4. The van der Waals surface area contributed by atoms with E-state index in [0.29, 0.717) is 16.5 Å². The minimum absolute atomic E-state index is 0.280. The van der Waals surface area contributed by atoms with Gasteiger partial charge in [0.2, 0.25) is 0 Å². The lowest BCUT2D eigenvalue weighted by Crippen LogP contribution is -2.10. The lowest BCUT2D eigenvalue weighted by atomic mass is 10.0. The molecule has 4 nitrogen and oxygen atoms in total. The van der Waals surface area contributed by atoms with Gasteiger partial charge in [0, 0.05) is 23.2 Å². The zero-order chi connectivity index (χ0) is 12.1. The van der Waals surface area contributed by atoms with Gasteiger partial charge in [0.25, 0.3) is 0 Å². The van der Waals surface area contributed by atoms with E-state index in [9.17, 15) is 0 Å². The summed E-state index contributed by atoms with van der Waals surface area (Å²) in [7, 11) is 3.15. The summed E-state index contributed by atoms with van der Waals surface area (Å²) in [6, 6.07) is 1.69. The van der Waals surface area contributed by atoms with E-state index < -0.39 is 0 Å². The number of hydrogen-bond acceptors (Lipinski definition) is 4. The quantitative estimate of drug-likeness (QED) is 0.783. The molecule has 1 rings (SSSR count). The van der Waals surface area contributed by atoms with Crippen molar-refractivity contribution in [3.05, 3.63) is 22.2 Å². The first-order valence-electron chi connectivity index (χ1n) is 4.98. The van der Waals surface area contributed by atoms with Gasteiger partial charge in [-0.25, -0.2) is 5.48 Å². The van der Waals surface area contributed by atoms with Gasteiger partial charge in [0.15, 0.2) is 11.5 Å². The number of nitrogens with one attached hydrogen (secondary N) is 1. The molecule has 0 atom stereocenters. The van der Waals surface area contributed by atoms with Gasteiger partial charge in [0.05, 0.1) is 14.2 Å². The fourth-order valence-corrected chi connectivity index (χ4v) is 2.00. The minimum Gasteiger partial charge on any atom is -0.493 e. The normalized spacial score (nSPS) is 10.3. The highest BCUT2D eigenvalue weighted by Gasteiger charge is 2.16. The average Bonchev–Trinajstić information content (AvgIpc) is 2.30. The number of methoxy groups -OCH3 is 2. The highest BCUT2D eigenvalue weighted by Crippen LogP contribution is 2.38. The molecule has 1 aromatic rings. The van der Waals surface area contributed by atoms with Crippen LogP contribution in [-0.2, 0) is 13.0 Å². The molecule has 0 saturated heterocycles. The second-order valence-corrected chi connectivity index (χ2v) is 3.65. The number of rotatable bonds is 5. The van der Waals surface area contributed by atoms with E-state index >= 15 is 0 Å². The van der Waals surface area contributed by atoms with Crippen molar-refractivity contribution >= 4 is 11.6 Å².